The lowest BCUT2D eigenvalue weighted by atomic mass is 9.78. The van der Waals surface area contributed by atoms with Crippen molar-refractivity contribution < 1.29 is 4.79 Å². The molecule has 2 fully saturated rings. The van der Waals surface area contributed by atoms with E-state index >= 15 is 0 Å². The first-order valence-corrected chi connectivity index (χ1v) is 7.98. The molecule has 1 aliphatic carbocycles. The van der Waals surface area contributed by atoms with Crippen LogP contribution in [0.3, 0.4) is 0 Å². The third kappa shape index (κ3) is 3.69. The molecule has 1 saturated heterocycles. The molecule has 3 unspecified atom stereocenters. The van der Waals surface area contributed by atoms with Crippen molar-refractivity contribution in [2.24, 2.45) is 17.6 Å². The first kappa shape index (κ1) is 14.8. The van der Waals surface area contributed by atoms with Gasteiger partial charge in [-0.3, -0.25) is 9.69 Å². The van der Waals surface area contributed by atoms with Crippen LogP contribution >= 0.6 is 0 Å². The van der Waals surface area contributed by atoms with Crippen molar-refractivity contribution in [3.05, 3.63) is 0 Å². The normalized spacial score (nSPS) is 32.4. The van der Waals surface area contributed by atoms with Crippen LogP contribution in [0.1, 0.15) is 45.4 Å². The van der Waals surface area contributed by atoms with E-state index in [2.05, 4.69) is 17.1 Å². The van der Waals surface area contributed by atoms with Gasteiger partial charge >= 0.3 is 0 Å². The molecule has 3 atom stereocenters. The van der Waals surface area contributed by atoms with Gasteiger partial charge in [0.15, 0.2) is 0 Å². The zero-order chi connectivity index (χ0) is 13.7. The van der Waals surface area contributed by atoms with E-state index in [1.54, 1.807) is 0 Å². The van der Waals surface area contributed by atoms with Crippen molar-refractivity contribution >= 4 is 5.91 Å². The number of hydrogen-bond acceptors (Lipinski definition) is 3. The summed E-state index contributed by atoms with van der Waals surface area (Å²) < 4.78 is 0. The van der Waals surface area contributed by atoms with Gasteiger partial charge in [0.1, 0.15) is 0 Å². The minimum absolute atomic E-state index is 0.162. The number of nitrogens with zero attached hydrogens (tertiary/aromatic N) is 1. The fourth-order valence-electron chi connectivity index (χ4n) is 3.73. The Morgan fingerprint density at radius 3 is 2.79 bits per heavy atom. The molecule has 2 rings (SSSR count). The number of nitrogens with two attached hydrogens (primary N) is 1. The number of carbonyl (C=O) groups excluding carboxylic acids is 1. The van der Waals surface area contributed by atoms with E-state index in [0.29, 0.717) is 18.5 Å². The monoisotopic (exact) mass is 267 g/mol. The molecule has 4 heteroatoms. The van der Waals surface area contributed by atoms with E-state index < -0.39 is 0 Å². The zero-order valence-corrected chi connectivity index (χ0v) is 12.2. The van der Waals surface area contributed by atoms with Gasteiger partial charge in [-0.2, -0.15) is 0 Å². The van der Waals surface area contributed by atoms with Crippen LogP contribution in [0, 0.1) is 11.8 Å². The lowest BCUT2D eigenvalue weighted by Crippen LogP contribution is -2.44. The van der Waals surface area contributed by atoms with E-state index in [1.165, 1.54) is 32.2 Å². The third-order valence-electron chi connectivity index (χ3n) is 4.97. The van der Waals surface area contributed by atoms with Gasteiger partial charge in [-0.15, -0.1) is 0 Å². The molecule has 0 aromatic heterocycles. The molecule has 1 saturated carbocycles. The van der Waals surface area contributed by atoms with E-state index in [9.17, 15) is 4.79 Å². The van der Waals surface area contributed by atoms with E-state index in [0.717, 1.165) is 25.9 Å². The summed E-state index contributed by atoms with van der Waals surface area (Å²) in [5.41, 5.74) is 5.81. The van der Waals surface area contributed by atoms with Gasteiger partial charge in [-0.25, -0.2) is 0 Å². The quantitative estimate of drug-likeness (QED) is 0.790. The predicted octanol–water partition coefficient (Wildman–Crippen LogP) is 1.35. The van der Waals surface area contributed by atoms with Gasteiger partial charge in [0.25, 0.3) is 0 Å². The maximum Gasteiger partial charge on any atom is 0.223 e. The number of likely N-dealkylation sites (tertiary alicyclic amines) is 1. The summed E-state index contributed by atoms with van der Waals surface area (Å²) in [5, 5.41) is 3.19. The molecular weight excluding hydrogens is 238 g/mol. The Morgan fingerprint density at radius 2 is 2.05 bits per heavy atom. The van der Waals surface area contributed by atoms with Crippen LogP contribution in [0.4, 0.5) is 0 Å². The lowest BCUT2D eigenvalue weighted by molar-refractivity contribution is -0.127. The van der Waals surface area contributed by atoms with Crippen molar-refractivity contribution in [1.29, 1.82) is 0 Å². The molecule has 0 radical (unpaired) electrons. The second-order valence-corrected chi connectivity index (χ2v) is 6.06. The zero-order valence-electron chi connectivity index (χ0n) is 12.2. The number of hydrogen-bond donors (Lipinski definition) is 2. The van der Waals surface area contributed by atoms with Crippen molar-refractivity contribution in [1.82, 2.24) is 10.2 Å². The fourth-order valence-corrected chi connectivity index (χ4v) is 3.73. The van der Waals surface area contributed by atoms with E-state index in [1.807, 2.05) is 0 Å². The second-order valence-electron chi connectivity index (χ2n) is 6.06. The topological polar surface area (TPSA) is 58.4 Å². The molecule has 1 heterocycles. The lowest BCUT2D eigenvalue weighted by Gasteiger charge is -2.30. The number of likely N-dealkylation sites (N-methyl/N-ethyl adjacent to an activating group) is 1. The highest BCUT2D eigenvalue weighted by Gasteiger charge is 2.31. The standard InChI is InChI=1S/C15H29N3O/c1-2-18-9-5-7-13(18)11-17-15(19)14-8-4-3-6-12(14)10-16/h12-14H,2-11,16H2,1H3,(H,17,19). The van der Waals surface area contributed by atoms with Crippen LogP contribution in [0.15, 0.2) is 0 Å². The third-order valence-corrected chi connectivity index (χ3v) is 4.97. The van der Waals surface area contributed by atoms with Crippen LogP contribution in [0.5, 0.6) is 0 Å². The van der Waals surface area contributed by atoms with Crippen molar-refractivity contribution in [3.63, 3.8) is 0 Å². The Balaban J connectivity index is 1.79. The first-order valence-electron chi connectivity index (χ1n) is 7.98. The van der Waals surface area contributed by atoms with Crippen LogP contribution in [0.25, 0.3) is 0 Å². The molecule has 1 amide bonds. The summed E-state index contributed by atoms with van der Waals surface area (Å²) in [7, 11) is 0. The van der Waals surface area contributed by atoms with Crippen LogP contribution in [-0.2, 0) is 4.79 Å². The Morgan fingerprint density at radius 1 is 1.26 bits per heavy atom. The van der Waals surface area contributed by atoms with E-state index in [4.69, 9.17) is 5.73 Å². The average molecular weight is 267 g/mol. The summed E-state index contributed by atoms with van der Waals surface area (Å²) in [5.74, 6) is 0.813. The summed E-state index contributed by atoms with van der Waals surface area (Å²) in [6.07, 6.45) is 7.05. The Bertz CT molecular complexity index is 295. The maximum atomic E-state index is 12.3. The molecule has 1 aliphatic heterocycles. The molecule has 0 spiro atoms. The highest BCUT2D eigenvalue weighted by molar-refractivity contribution is 5.79. The average Bonchev–Trinajstić information content (AvgIpc) is 2.92. The highest BCUT2D eigenvalue weighted by atomic mass is 16.1. The first-order chi connectivity index (χ1) is 9.26. The summed E-state index contributed by atoms with van der Waals surface area (Å²) in [6.45, 7) is 5.95. The SMILES string of the molecule is CCN1CCCC1CNC(=O)C1CCCCC1CN. The van der Waals surface area contributed by atoms with Gasteiger partial charge in [0.2, 0.25) is 5.91 Å². The predicted molar refractivity (Wildman–Crippen MR) is 77.8 cm³/mol. The van der Waals surface area contributed by atoms with E-state index in [-0.39, 0.29) is 11.8 Å². The van der Waals surface area contributed by atoms with Crippen LogP contribution in [0.2, 0.25) is 0 Å². The molecular formula is C15H29N3O. The maximum absolute atomic E-state index is 12.3. The summed E-state index contributed by atoms with van der Waals surface area (Å²) in [6, 6.07) is 0.550. The Kier molecular flexibility index (Phi) is 5.64. The molecule has 19 heavy (non-hydrogen) atoms. The Hall–Kier alpha value is -0.610. The van der Waals surface area contributed by atoms with Crippen molar-refractivity contribution in [2.45, 2.75) is 51.5 Å². The highest BCUT2D eigenvalue weighted by Crippen LogP contribution is 2.29. The smallest absolute Gasteiger partial charge is 0.223 e. The van der Waals surface area contributed by atoms with Crippen LogP contribution < -0.4 is 11.1 Å². The fraction of sp³-hybridized carbons (Fsp3) is 0.933. The van der Waals surface area contributed by atoms with Gasteiger partial charge in [0.05, 0.1) is 0 Å². The number of carbonyl (C=O) groups is 1. The van der Waals surface area contributed by atoms with Crippen molar-refractivity contribution in [3.8, 4) is 0 Å². The number of nitrogens with one attached hydrogen (secondary N) is 1. The molecule has 0 aromatic rings. The number of rotatable bonds is 5. The summed E-state index contributed by atoms with van der Waals surface area (Å²) >= 11 is 0. The largest absolute Gasteiger partial charge is 0.354 e. The molecule has 2 aliphatic rings. The molecule has 110 valence electrons. The van der Waals surface area contributed by atoms with Gasteiger partial charge in [-0.05, 0) is 51.2 Å². The minimum atomic E-state index is 0.162. The number of amides is 1. The van der Waals surface area contributed by atoms with Gasteiger partial charge in [-0.1, -0.05) is 19.8 Å². The van der Waals surface area contributed by atoms with Gasteiger partial charge in [0, 0.05) is 18.5 Å². The molecule has 0 aromatic carbocycles. The van der Waals surface area contributed by atoms with Crippen LogP contribution in [-0.4, -0.2) is 43.0 Å². The molecule has 4 nitrogen and oxygen atoms in total. The minimum Gasteiger partial charge on any atom is -0.354 e. The second kappa shape index (κ2) is 7.25. The van der Waals surface area contributed by atoms with Crippen molar-refractivity contribution in [2.75, 3.05) is 26.2 Å². The molecule has 0 bridgehead atoms. The molecule has 3 N–H and O–H groups in total. The summed E-state index contributed by atoms with van der Waals surface area (Å²) in [4.78, 5) is 14.8. The van der Waals surface area contributed by atoms with Gasteiger partial charge < -0.3 is 11.1 Å². The Labute approximate surface area is 117 Å².